The van der Waals surface area contributed by atoms with Crippen molar-refractivity contribution in [2.45, 2.75) is 51.6 Å². The summed E-state index contributed by atoms with van der Waals surface area (Å²) in [5, 5.41) is 44.5. The molecule has 0 fully saturated rings. The number of carboxylic acids is 4. The number of hydrogen-bond acceptors (Lipinski definition) is 6. The Morgan fingerprint density at radius 3 is 1.62 bits per heavy atom. The molecule has 0 amide bonds. The third-order valence-electron chi connectivity index (χ3n) is 3.76. The molecule has 9 nitrogen and oxygen atoms in total. The van der Waals surface area contributed by atoms with Gasteiger partial charge in [-0.05, 0) is 23.5 Å². The quantitative estimate of drug-likeness (QED) is 0.315. The van der Waals surface area contributed by atoms with E-state index in [1.54, 1.807) is 6.92 Å². The molecule has 0 saturated carbocycles. The Hall–Kier alpha value is -1.94. The molecular weight excluding hydrogens is 395 g/mol. The third-order valence-corrected chi connectivity index (χ3v) is 3.76. The van der Waals surface area contributed by atoms with Crippen LogP contribution in [0.25, 0.3) is 0 Å². The number of aliphatic hydroxyl groups is 1. The van der Waals surface area contributed by atoms with Crippen LogP contribution < -0.4 is 34.7 Å². The van der Waals surface area contributed by atoms with Crippen LogP contribution in [0.1, 0.15) is 50.7 Å². The van der Waals surface area contributed by atoms with Crippen molar-refractivity contribution in [3.63, 3.8) is 0 Å². The summed E-state index contributed by atoms with van der Waals surface area (Å²) in [7, 11) is 0. The van der Waals surface area contributed by atoms with Gasteiger partial charge in [-0.2, -0.15) is 0 Å². The number of carbonyl (C=O) groups excluding carboxylic acids is 1. The topological polar surface area (TPSA) is 172 Å². The average molecular weight is 420 g/mol. The summed E-state index contributed by atoms with van der Waals surface area (Å²) in [6.45, 7) is 5.97. The van der Waals surface area contributed by atoms with Gasteiger partial charge < -0.3 is 30.3 Å². The fourth-order valence-corrected chi connectivity index (χ4v) is 2.26. The van der Waals surface area contributed by atoms with Gasteiger partial charge in [0.25, 0.3) is 0 Å². The molecule has 1 atom stereocenters. The maximum Gasteiger partial charge on any atom is 1.00 e. The maximum atomic E-state index is 10.7. The van der Waals surface area contributed by atoms with E-state index in [4.69, 9.17) is 20.4 Å². The van der Waals surface area contributed by atoms with E-state index < -0.39 is 48.2 Å². The van der Waals surface area contributed by atoms with Crippen LogP contribution in [0.5, 0.6) is 0 Å². The van der Waals surface area contributed by atoms with E-state index in [1.165, 1.54) is 5.56 Å². The summed E-state index contributed by atoms with van der Waals surface area (Å²) in [5.41, 5.74) is -0.681. The summed E-state index contributed by atoms with van der Waals surface area (Å²) in [6, 6.07) is 7.74. The molecule has 0 heterocycles. The van der Waals surface area contributed by atoms with E-state index in [2.05, 4.69) is 13.8 Å². The molecule has 1 unspecified atom stereocenters. The van der Waals surface area contributed by atoms with E-state index in [9.17, 15) is 24.3 Å². The Morgan fingerprint density at radius 1 is 0.931 bits per heavy atom. The van der Waals surface area contributed by atoms with Crippen molar-refractivity contribution >= 4 is 23.9 Å². The van der Waals surface area contributed by atoms with E-state index in [0.717, 1.165) is 12.0 Å². The molecule has 29 heavy (non-hydrogen) atoms. The van der Waals surface area contributed by atoms with Gasteiger partial charge in [-0.15, -0.1) is 0 Å². The van der Waals surface area contributed by atoms with Crippen LogP contribution in [0, 0.1) is 5.92 Å². The monoisotopic (exact) mass is 420 g/mol. The Bertz CT molecular complexity index is 682. The average Bonchev–Trinajstić information content (AvgIpc) is 2.53. The molecule has 4 N–H and O–H groups in total. The summed E-state index contributed by atoms with van der Waals surface area (Å²) in [4.78, 5) is 41.1. The van der Waals surface area contributed by atoms with Crippen molar-refractivity contribution < 1.29 is 74.3 Å². The van der Waals surface area contributed by atoms with Gasteiger partial charge >= 0.3 is 47.5 Å². The molecule has 0 aliphatic heterocycles. The first kappa shape index (κ1) is 29.3. The van der Waals surface area contributed by atoms with Gasteiger partial charge in [0.15, 0.2) is 5.60 Å². The van der Waals surface area contributed by atoms with Crippen LogP contribution in [-0.2, 0) is 25.6 Å². The Morgan fingerprint density at radius 2 is 1.34 bits per heavy atom. The first-order chi connectivity index (χ1) is 12.8. The molecule has 0 spiro atoms. The fraction of sp³-hybridized carbons (Fsp3) is 0.474. The van der Waals surface area contributed by atoms with Gasteiger partial charge in [-0.3, -0.25) is 9.59 Å². The second-order valence-electron chi connectivity index (χ2n) is 6.86. The molecule has 0 bridgehead atoms. The first-order valence-electron chi connectivity index (χ1n) is 8.47. The van der Waals surface area contributed by atoms with Crippen LogP contribution in [-0.4, -0.2) is 49.9 Å². The molecule has 0 aromatic heterocycles. The predicted octanol–water partition coefficient (Wildman–Crippen LogP) is -2.51. The molecule has 0 aliphatic rings. The Labute approximate surface area is 190 Å². The van der Waals surface area contributed by atoms with Gasteiger partial charge in [-0.25, -0.2) is 4.79 Å². The van der Waals surface area contributed by atoms with E-state index in [1.807, 2.05) is 24.3 Å². The standard InChI is InChI=1S/C13H18O2.C6H8O7.Na/c1-9(2)8-11-4-6-12(7-5-11)10(3)13(14)15;7-3(8)1-6(13,5(11)12)2-4(9)10;/h4-7,9-10H,8H2,1-3H3,(H,14,15);13H,1-2H2,(H,7,8)(H,9,10)(H,11,12);/q;;+1/p-1. The second-order valence-corrected chi connectivity index (χ2v) is 6.86. The molecule has 1 aromatic carbocycles. The zero-order valence-electron chi connectivity index (χ0n) is 16.9. The molecule has 0 aliphatic carbocycles. The first-order valence-corrected chi connectivity index (χ1v) is 8.47. The largest absolute Gasteiger partial charge is 1.00 e. The summed E-state index contributed by atoms with van der Waals surface area (Å²) < 4.78 is 0. The summed E-state index contributed by atoms with van der Waals surface area (Å²) in [6.07, 6.45) is -1.26. The van der Waals surface area contributed by atoms with E-state index in [0.29, 0.717) is 5.92 Å². The molecule has 10 heteroatoms. The molecule has 1 aromatic rings. The number of benzene rings is 1. The second kappa shape index (κ2) is 13.3. The van der Waals surface area contributed by atoms with Crippen molar-refractivity contribution in [3.05, 3.63) is 35.4 Å². The van der Waals surface area contributed by atoms with Crippen molar-refractivity contribution in [2.75, 3.05) is 0 Å². The van der Waals surface area contributed by atoms with Gasteiger partial charge in [0.1, 0.15) is 0 Å². The smallest absolute Gasteiger partial charge is 0.550 e. The minimum atomic E-state index is -2.74. The number of carboxylic acid groups (broad SMARTS) is 4. The van der Waals surface area contributed by atoms with Crippen LogP contribution >= 0.6 is 0 Å². The predicted molar refractivity (Wildman–Crippen MR) is 95.5 cm³/mol. The van der Waals surface area contributed by atoms with Gasteiger partial charge in [-0.1, -0.05) is 45.0 Å². The molecule has 0 saturated heterocycles. The van der Waals surface area contributed by atoms with Crippen LogP contribution in [0.15, 0.2) is 24.3 Å². The third kappa shape index (κ3) is 11.6. The molecule has 0 radical (unpaired) electrons. The normalized spacial score (nSPS) is 11.5. The zero-order chi connectivity index (χ0) is 22.1. The summed E-state index contributed by atoms with van der Waals surface area (Å²) in [5.74, 6) is -5.95. The molecule has 1 rings (SSSR count). The van der Waals surface area contributed by atoms with Crippen LogP contribution in [0.3, 0.4) is 0 Å². The van der Waals surface area contributed by atoms with E-state index in [-0.39, 0.29) is 29.6 Å². The SMILES string of the molecule is CC(C)Cc1ccc(C(C)C(=O)[O-])cc1.O=C(O)CC(O)(CC(=O)O)C(=O)O.[Na+]. The van der Waals surface area contributed by atoms with Crippen molar-refractivity contribution in [1.82, 2.24) is 0 Å². The van der Waals surface area contributed by atoms with E-state index >= 15 is 0 Å². The molecular formula is C19H25NaO9. The number of aliphatic carboxylic acids is 4. The number of carbonyl (C=O) groups is 4. The van der Waals surface area contributed by atoms with Crippen molar-refractivity contribution in [1.29, 1.82) is 0 Å². The van der Waals surface area contributed by atoms with Gasteiger partial charge in [0.05, 0.1) is 12.8 Å². The van der Waals surface area contributed by atoms with Crippen LogP contribution in [0.2, 0.25) is 0 Å². The number of hydrogen-bond donors (Lipinski definition) is 4. The van der Waals surface area contributed by atoms with Crippen LogP contribution in [0.4, 0.5) is 0 Å². The number of rotatable bonds is 9. The van der Waals surface area contributed by atoms with Gasteiger partial charge in [0, 0.05) is 11.9 Å². The van der Waals surface area contributed by atoms with Crippen molar-refractivity contribution in [2.24, 2.45) is 5.92 Å². The fourth-order valence-electron chi connectivity index (χ4n) is 2.26. The summed E-state index contributed by atoms with van der Waals surface area (Å²) >= 11 is 0. The Kier molecular flexibility index (Phi) is 13.4. The molecule has 156 valence electrons. The zero-order valence-corrected chi connectivity index (χ0v) is 18.9. The minimum absolute atomic E-state index is 0. The maximum absolute atomic E-state index is 10.7. The van der Waals surface area contributed by atoms with Crippen molar-refractivity contribution in [3.8, 4) is 0 Å². The van der Waals surface area contributed by atoms with Gasteiger partial charge in [0.2, 0.25) is 0 Å². The Balaban J connectivity index is 0. The minimum Gasteiger partial charge on any atom is -0.550 e.